The van der Waals surface area contributed by atoms with E-state index in [0.29, 0.717) is 38.2 Å². The van der Waals surface area contributed by atoms with E-state index in [1.165, 1.54) is 10.4 Å². The first kappa shape index (κ1) is 17.9. The van der Waals surface area contributed by atoms with E-state index < -0.39 is 10.0 Å². The van der Waals surface area contributed by atoms with E-state index >= 15 is 0 Å². The predicted octanol–water partition coefficient (Wildman–Crippen LogP) is 1.50. The topological polar surface area (TPSA) is 57.7 Å². The molecule has 1 heterocycles. The number of hydrogen-bond donors (Lipinski definition) is 0. The summed E-state index contributed by atoms with van der Waals surface area (Å²) in [4.78, 5) is 14.1. The molecule has 1 saturated heterocycles. The molecule has 0 radical (unpaired) electrons. The van der Waals surface area contributed by atoms with Crippen molar-refractivity contribution >= 4 is 15.9 Å². The Balaban J connectivity index is 1.93. The van der Waals surface area contributed by atoms with Gasteiger partial charge in [-0.2, -0.15) is 4.31 Å². The van der Waals surface area contributed by atoms with E-state index in [9.17, 15) is 17.6 Å². The second-order valence-corrected chi connectivity index (χ2v) is 8.08. The van der Waals surface area contributed by atoms with Crippen LogP contribution in [0.4, 0.5) is 4.39 Å². The van der Waals surface area contributed by atoms with E-state index in [1.807, 2.05) is 0 Å². The van der Waals surface area contributed by atoms with Crippen LogP contribution in [0.15, 0.2) is 24.3 Å². The maximum atomic E-state index is 13.7. The van der Waals surface area contributed by atoms with Crippen molar-refractivity contribution in [3.05, 3.63) is 35.6 Å². The number of hydrogen-bond acceptors (Lipinski definition) is 3. The fourth-order valence-electron chi connectivity index (χ4n) is 2.76. The van der Waals surface area contributed by atoms with Crippen molar-refractivity contribution in [1.82, 2.24) is 9.21 Å². The third-order valence-electron chi connectivity index (χ3n) is 4.21. The van der Waals surface area contributed by atoms with Gasteiger partial charge < -0.3 is 4.90 Å². The van der Waals surface area contributed by atoms with Gasteiger partial charge >= 0.3 is 0 Å². The zero-order chi connectivity index (χ0) is 17.0. The van der Waals surface area contributed by atoms with Crippen LogP contribution >= 0.6 is 0 Å². The van der Waals surface area contributed by atoms with Gasteiger partial charge in [-0.25, -0.2) is 12.8 Å². The minimum Gasteiger partial charge on any atom is -0.340 e. The summed E-state index contributed by atoms with van der Waals surface area (Å²) in [6, 6.07) is 6.45. The minimum absolute atomic E-state index is 0.0539. The van der Waals surface area contributed by atoms with Crippen LogP contribution in [0.25, 0.3) is 0 Å². The molecule has 7 heteroatoms. The van der Waals surface area contributed by atoms with Crippen molar-refractivity contribution < 1.29 is 17.6 Å². The van der Waals surface area contributed by atoms with Gasteiger partial charge in [0.25, 0.3) is 0 Å². The van der Waals surface area contributed by atoms with Gasteiger partial charge in [0, 0.05) is 32.1 Å². The Bertz CT molecular complexity index is 655. The molecular formula is C16H23FN2O3S. The molecule has 1 unspecified atom stereocenters. The van der Waals surface area contributed by atoms with Gasteiger partial charge in [-0.05, 0) is 25.0 Å². The maximum Gasteiger partial charge on any atom is 0.225 e. The highest BCUT2D eigenvalue weighted by Crippen LogP contribution is 2.16. The van der Waals surface area contributed by atoms with Gasteiger partial charge in [0.1, 0.15) is 5.82 Å². The second kappa shape index (κ2) is 7.40. The lowest BCUT2D eigenvalue weighted by Gasteiger charge is -2.35. The molecule has 1 aromatic carbocycles. The molecule has 1 aromatic rings. The van der Waals surface area contributed by atoms with E-state index in [-0.39, 0.29) is 23.4 Å². The minimum atomic E-state index is -3.20. The Morgan fingerprint density at radius 1 is 1.22 bits per heavy atom. The Kier molecular flexibility index (Phi) is 5.75. The number of rotatable bonds is 5. The molecule has 23 heavy (non-hydrogen) atoms. The number of sulfonamides is 1. The average molecular weight is 342 g/mol. The number of piperazine rings is 1. The molecule has 1 amide bonds. The third-order valence-corrected chi connectivity index (χ3v) is 6.10. The van der Waals surface area contributed by atoms with Gasteiger partial charge in [-0.1, -0.05) is 25.1 Å². The van der Waals surface area contributed by atoms with Gasteiger partial charge in [-0.3, -0.25) is 4.79 Å². The quantitative estimate of drug-likeness (QED) is 0.815. The Labute approximate surface area is 137 Å². The van der Waals surface area contributed by atoms with Crippen molar-refractivity contribution in [1.29, 1.82) is 0 Å². The Morgan fingerprint density at radius 3 is 2.39 bits per heavy atom. The lowest BCUT2D eigenvalue weighted by Crippen LogP contribution is -2.52. The zero-order valence-corrected chi connectivity index (χ0v) is 14.4. The molecule has 1 aliphatic rings. The molecular weight excluding hydrogens is 319 g/mol. The Hall–Kier alpha value is -1.47. The lowest BCUT2D eigenvalue weighted by atomic mass is 9.99. The third kappa shape index (κ3) is 4.29. The lowest BCUT2D eigenvalue weighted by molar-refractivity contribution is -0.136. The second-order valence-electron chi connectivity index (χ2n) is 5.82. The fourth-order valence-corrected chi connectivity index (χ4v) is 3.85. The highest BCUT2D eigenvalue weighted by atomic mass is 32.2. The SMILES string of the molecule is CCS(=O)(=O)N1CCN(C(=O)C(C)Cc2ccccc2F)CC1. The summed E-state index contributed by atoms with van der Waals surface area (Å²) in [5, 5.41) is 0. The molecule has 5 nitrogen and oxygen atoms in total. The number of carbonyl (C=O) groups excluding carboxylic acids is 1. The summed E-state index contributed by atoms with van der Waals surface area (Å²) in [6.45, 7) is 4.83. The van der Waals surface area contributed by atoms with Gasteiger partial charge in [0.05, 0.1) is 5.75 Å². The van der Waals surface area contributed by atoms with E-state index in [0.717, 1.165) is 0 Å². The molecule has 1 aliphatic heterocycles. The molecule has 1 fully saturated rings. The summed E-state index contributed by atoms with van der Waals surface area (Å²) >= 11 is 0. The number of amides is 1. The van der Waals surface area contributed by atoms with Crippen molar-refractivity contribution in [2.45, 2.75) is 20.3 Å². The summed E-state index contributed by atoms with van der Waals surface area (Å²) in [5.41, 5.74) is 0.528. The molecule has 128 valence electrons. The van der Waals surface area contributed by atoms with Crippen molar-refractivity contribution in [3.63, 3.8) is 0 Å². The molecule has 0 aromatic heterocycles. The molecule has 0 N–H and O–H groups in total. The standard InChI is InChI=1S/C16H23FN2O3S/c1-3-23(21,22)19-10-8-18(9-11-19)16(20)13(2)12-14-6-4-5-7-15(14)17/h4-7,13H,3,8-12H2,1-2H3. The maximum absolute atomic E-state index is 13.7. The number of halogens is 1. The predicted molar refractivity (Wildman–Crippen MR) is 86.9 cm³/mol. The monoisotopic (exact) mass is 342 g/mol. The van der Waals surface area contributed by atoms with Crippen LogP contribution in [-0.4, -0.2) is 55.5 Å². The van der Waals surface area contributed by atoms with Crippen LogP contribution < -0.4 is 0 Å². The highest BCUT2D eigenvalue weighted by molar-refractivity contribution is 7.89. The summed E-state index contributed by atoms with van der Waals surface area (Å²) in [5.74, 6) is -0.612. The van der Waals surface area contributed by atoms with E-state index in [2.05, 4.69) is 0 Å². The van der Waals surface area contributed by atoms with E-state index in [1.54, 1.807) is 36.9 Å². The molecule has 1 atom stereocenters. The van der Waals surface area contributed by atoms with Gasteiger partial charge in [0.15, 0.2) is 0 Å². The molecule has 0 bridgehead atoms. The van der Waals surface area contributed by atoms with Crippen molar-refractivity contribution in [2.24, 2.45) is 5.92 Å². The van der Waals surface area contributed by atoms with Crippen LogP contribution in [0.5, 0.6) is 0 Å². The van der Waals surface area contributed by atoms with Crippen molar-refractivity contribution in [3.8, 4) is 0 Å². The summed E-state index contributed by atoms with van der Waals surface area (Å²) < 4.78 is 38.8. The molecule has 0 aliphatic carbocycles. The fraction of sp³-hybridized carbons (Fsp3) is 0.562. The van der Waals surface area contributed by atoms with Crippen LogP contribution in [-0.2, 0) is 21.2 Å². The Morgan fingerprint density at radius 2 is 1.83 bits per heavy atom. The molecule has 0 spiro atoms. The van der Waals surface area contributed by atoms with Gasteiger partial charge in [-0.15, -0.1) is 0 Å². The number of benzene rings is 1. The smallest absolute Gasteiger partial charge is 0.225 e. The van der Waals surface area contributed by atoms with Crippen LogP contribution in [0.2, 0.25) is 0 Å². The normalized spacial score (nSPS) is 18.0. The summed E-state index contributed by atoms with van der Waals surface area (Å²) in [6.07, 6.45) is 0.346. The number of nitrogens with zero attached hydrogens (tertiary/aromatic N) is 2. The molecule has 0 saturated carbocycles. The number of carbonyl (C=O) groups is 1. The van der Waals surface area contributed by atoms with Crippen molar-refractivity contribution in [2.75, 3.05) is 31.9 Å². The van der Waals surface area contributed by atoms with Crippen LogP contribution in [0, 0.1) is 11.7 Å². The zero-order valence-electron chi connectivity index (χ0n) is 13.5. The van der Waals surface area contributed by atoms with E-state index in [4.69, 9.17) is 0 Å². The largest absolute Gasteiger partial charge is 0.340 e. The molecule has 2 rings (SSSR count). The first-order valence-corrected chi connectivity index (χ1v) is 9.46. The van der Waals surface area contributed by atoms with Crippen LogP contribution in [0.3, 0.4) is 0 Å². The summed E-state index contributed by atoms with van der Waals surface area (Å²) in [7, 11) is -3.20. The van der Waals surface area contributed by atoms with Gasteiger partial charge in [0.2, 0.25) is 15.9 Å². The first-order chi connectivity index (χ1) is 10.8. The highest BCUT2D eigenvalue weighted by Gasteiger charge is 2.29. The van der Waals surface area contributed by atoms with Crippen LogP contribution in [0.1, 0.15) is 19.4 Å². The average Bonchev–Trinajstić information content (AvgIpc) is 2.56. The first-order valence-electron chi connectivity index (χ1n) is 7.85.